The summed E-state index contributed by atoms with van der Waals surface area (Å²) in [7, 11) is -4.50. The molecule has 3 aromatic rings. The third kappa shape index (κ3) is 1.97. The Morgan fingerprint density at radius 1 is 1.00 bits per heavy atom. The van der Waals surface area contributed by atoms with Crippen LogP contribution in [0.25, 0.3) is 21.7 Å². The van der Waals surface area contributed by atoms with Crippen LogP contribution < -0.4 is 4.98 Å². The molecule has 0 bridgehead atoms. The number of hydrogen-bond donors (Lipinski definition) is 0. The zero-order valence-corrected chi connectivity index (χ0v) is 11.0. The predicted octanol–water partition coefficient (Wildman–Crippen LogP) is 2.02. The highest BCUT2D eigenvalue weighted by Gasteiger charge is 2.14. The predicted molar refractivity (Wildman–Crippen MR) is 70.7 cm³/mol. The van der Waals surface area contributed by atoms with Gasteiger partial charge in [-0.15, -0.1) is 0 Å². The SMILES string of the molecule is Cc1ccc2ccc3cccc(S(=O)(=O)[O-])c3c2[nH+]1. The van der Waals surface area contributed by atoms with Crippen LogP contribution in [0.2, 0.25) is 0 Å². The second kappa shape index (κ2) is 4.01. The molecule has 0 fully saturated rings. The molecule has 19 heavy (non-hydrogen) atoms. The molecule has 0 aliphatic carbocycles. The molecule has 0 saturated carbocycles. The number of pyridine rings is 1. The van der Waals surface area contributed by atoms with Crippen LogP contribution in [0, 0.1) is 6.92 Å². The zero-order chi connectivity index (χ0) is 13.6. The summed E-state index contributed by atoms with van der Waals surface area (Å²) in [6.07, 6.45) is 0. The van der Waals surface area contributed by atoms with Crippen molar-refractivity contribution in [2.75, 3.05) is 0 Å². The number of fused-ring (bicyclic) bond motifs is 3. The average Bonchev–Trinajstić information content (AvgIpc) is 2.36. The lowest BCUT2D eigenvalue weighted by Gasteiger charge is -2.10. The van der Waals surface area contributed by atoms with Gasteiger partial charge in [0, 0.05) is 18.4 Å². The van der Waals surface area contributed by atoms with Crippen molar-refractivity contribution in [3.8, 4) is 0 Å². The molecule has 0 radical (unpaired) electrons. The molecule has 0 aliphatic heterocycles. The molecule has 96 valence electrons. The van der Waals surface area contributed by atoms with Gasteiger partial charge >= 0.3 is 0 Å². The molecule has 1 heterocycles. The van der Waals surface area contributed by atoms with E-state index in [1.165, 1.54) is 6.07 Å². The first kappa shape index (κ1) is 12.1. The summed E-state index contributed by atoms with van der Waals surface area (Å²) in [6.45, 7) is 1.88. The standard InChI is InChI=1S/C14H11NO3S/c1-9-5-6-11-8-7-10-3-2-4-12(19(16,17)18)13(10)14(11)15-9/h2-8H,1H3,(H,16,17,18). The number of aromatic nitrogens is 1. The number of hydrogen-bond acceptors (Lipinski definition) is 3. The highest BCUT2D eigenvalue weighted by molar-refractivity contribution is 7.86. The Bertz CT molecular complexity index is 901. The van der Waals surface area contributed by atoms with Crippen molar-refractivity contribution >= 4 is 31.8 Å². The van der Waals surface area contributed by atoms with Gasteiger partial charge in [0.15, 0.2) is 5.69 Å². The zero-order valence-electron chi connectivity index (χ0n) is 10.2. The first-order chi connectivity index (χ1) is 8.97. The summed E-state index contributed by atoms with van der Waals surface area (Å²) in [4.78, 5) is 2.96. The fourth-order valence-corrected chi connectivity index (χ4v) is 3.01. The molecular formula is C14H11NO3S. The van der Waals surface area contributed by atoms with Crippen LogP contribution in [0.3, 0.4) is 0 Å². The molecule has 1 aromatic heterocycles. The van der Waals surface area contributed by atoms with Crippen LogP contribution >= 0.6 is 0 Å². The van der Waals surface area contributed by atoms with Crippen LogP contribution in [0.1, 0.15) is 5.69 Å². The van der Waals surface area contributed by atoms with E-state index in [2.05, 4.69) is 4.98 Å². The minimum Gasteiger partial charge on any atom is -0.744 e. The second-order valence-corrected chi connectivity index (χ2v) is 5.83. The fourth-order valence-electron chi connectivity index (χ4n) is 2.30. The Balaban J connectivity index is 2.63. The van der Waals surface area contributed by atoms with Crippen LogP contribution in [-0.2, 0) is 10.1 Å². The van der Waals surface area contributed by atoms with E-state index in [0.717, 1.165) is 16.5 Å². The van der Waals surface area contributed by atoms with Gasteiger partial charge in [-0.2, -0.15) is 0 Å². The van der Waals surface area contributed by atoms with Crippen molar-refractivity contribution in [2.45, 2.75) is 11.8 Å². The van der Waals surface area contributed by atoms with E-state index in [0.29, 0.717) is 10.9 Å². The van der Waals surface area contributed by atoms with Crippen molar-refractivity contribution in [3.05, 3.63) is 48.2 Å². The number of benzene rings is 2. The Morgan fingerprint density at radius 3 is 2.42 bits per heavy atom. The molecule has 1 N–H and O–H groups in total. The van der Waals surface area contributed by atoms with E-state index in [9.17, 15) is 13.0 Å². The minimum atomic E-state index is -4.50. The van der Waals surface area contributed by atoms with Gasteiger partial charge in [-0.05, 0) is 23.6 Å². The monoisotopic (exact) mass is 273 g/mol. The van der Waals surface area contributed by atoms with Crippen molar-refractivity contribution in [2.24, 2.45) is 0 Å². The quantitative estimate of drug-likeness (QED) is 0.503. The van der Waals surface area contributed by atoms with Gasteiger partial charge in [0.2, 0.25) is 5.52 Å². The maximum Gasteiger partial charge on any atom is 0.220 e. The number of nitrogens with one attached hydrogen (secondary N) is 1. The van der Waals surface area contributed by atoms with Crippen molar-refractivity contribution < 1.29 is 18.0 Å². The Morgan fingerprint density at radius 2 is 1.68 bits per heavy atom. The molecule has 4 nitrogen and oxygen atoms in total. The van der Waals surface area contributed by atoms with Crippen molar-refractivity contribution in [1.29, 1.82) is 0 Å². The molecule has 0 aliphatic rings. The summed E-state index contributed by atoms with van der Waals surface area (Å²) in [5.74, 6) is 0. The summed E-state index contributed by atoms with van der Waals surface area (Å²) < 4.78 is 34.2. The number of aromatic amines is 1. The lowest BCUT2D eigenvalue weighted by atomic mass is 10.1. The molecule has 0 unspecified atom stereocenters. The molecule has 3 rings (SSSR count). The van der Waals surface area contributed by atoms with Crippen molar-refractivity contribution in [3.63, 3.8) is 0 Å². The smallest absolute Gasteiger partial charge is 0.220 e. The van der Waals surface area contributed by atoms with E-state index in [1.807, 2.05) is 31.2 Å². The van der Waals surface area contributed by atoms with Crippen LogP contribution in [-0.4, -0.2) is 13.0 Å². The van der Waals surface area contributed by atoms with Gasteiger partial charge in [0.25, 0.3) is 0 Å². The first-order valence-corrected chi connectivity index (χ1v) is 7.18. The summed E-state index contributed by atoms with van der Waals surface area (Å²) >= 11 is 0. The highest BCUT2D eigenvalue weighted by Crippen LogP contribution is 2.28. The summed E-state index contributed by atoms with van der Waals surface area (Å²) in [5, 5.41) is 2.05. The number of aryl methyl sites for hydroxylation is 1. The maximum absolute atomic E-state index is 11.4. The second-order valence-electron chi connectivity index (χ2n) is 4.48. The average molecular weight is 273 g/mol. The molecule has 5 heteroatoms. The first-order valence-electron chi connectivity index (χ1n) is 5.77. The van der Waals surface area contributed by atoms with E-state index < -0.39 is 10.1 Å². The number of H-pyrrole nitrogens is 1. The van der Waals surface area contributed by atoms with Crippen LogP contribution in [0.5, 0.6) is 0 Å². The lowest BCUT2D eigenvalue weighted by Crippen LogP contribution is -2.10. The lowest BCUT2D eigenvalue weighted by molar-refractivity contribution is -0.353. The van der Waals surface area contributed by atoms with Gasteiger partial charge < -0.3 is 4.55 Å². The van der Waals surface area contributed by atoms with Gasteiger partial charge in [-0.1, -0.05) is 18.2 Å². The van der Waals surface area contributed by atoms with E-state index in [-0.39, 0.29) is 4.90 Å². The summed E-state index contributed by atoms with van der Waals surface area (Å²) in [5.41, 5.74) is 1.57. The van der Waals surface area contributed by atoms with Gasteiger partial charge in [0.1, 0.15) is 10.1 Å². The van der Waals surface area contributed by atoms with Gasteiger partial charge in [-0.3, -0.25) is 0 Å². The van der Waals surface area contributed by atoms with Crippen LogP contribution in [0.4, 0.5) is 0 Å². The number of rotatable bonds is 1. The molecule has 0 atom stereocenters. The van der Waals surface area contributed by atoms with E-state index in [1.54, 1.807) is 12.1 Å². The van der Waals surface area contributed by atoms with E-state index >= 15 is 0 Å². The third-order valence-electron chi connectivity index (χ3n) is 3.14. The molecule has 0 amide bonds. The van der Waals surface area contributed by atoms with Gasteiger partial charge in [0.05, 0.1) is 10.3 Å². The van der Waals surface area contributed by atoms with Gasteiger partial charge in [-0.25, -0.2) is 13.4 Å². The van der Waals surface area contributed by atoms with E-state index in [4.69, 9.17) is 0 Å². The maximum atomic E-state index is 11.4. The molecular weight excluding hydrogens is 262 g/mol. The minimum absolute atomic E-state index is 0.183. The Labute approximate surface area is 110 Å². The third-order valence-corrected chi connectivity index (χ3v) is 4.02. The Kier molecular flexibility index (Phi) is 2.55. The van der Waals surface area contributed by atoms with Crippen LogP contribution in [0.15, 0.2) is 47.4 Å². The molecule has 0 saturated heterocycles. The fraction of sp³-hybridized carbons (Fsp3) is 0.0714. The largest absolute Gasteiger partial charge is 0.744 e. The topological polar surface area (TPSA) is 71.3 Å². The molecule has 0 spiro atoms. The van der Waals surface area contributed by atoms with Crippen molar-refractivity contribution in [1.82, 2.24) is 0 Å². The molecule has 2 aromatic carbocycles. The highest BCUT2D eigenvalue weighted by atomic mass is 32.2. The Hall–Kier alpha value is -1.98. The summed E-state index contributed by atoms with van der Waals surface area (Å²) in [6, 6.07) is 12.2. The normalized spacial score (nSPS) is 12.1.